The number of halogens is 2. The number of aromatic hydroxyl groups is 2. The molecule has 0 atom stereocenters. The summed E-state index contributed by atoms with van der Waals surface area (Å²) < 4.78 is 0. The van der Waals surface area contributed by atoms with Crippen molar-refractivity contribution in [3.05, 3.63) is 41.7 Å². The largest absolute Gasteiger partial charge is 0.533 e. The van der Waals surface area contributed by atoms with Gasteiger partial charge >= 0.3 is 0 Å². The summed E-state index contributed by atoms with van der Waals surface area (Å²) in [5.74, 6) is 0.0796. The number of hydrogen-bond donors (Lipinski definition) is 2. The van der Waals surface area contributed by atoms with Gasteiger partial charge in [0.15, 0.2) is 0 Å². The molecular formula is C17H25Cl2HfN3O2-2. The number of rotatable bonds is 0. The fourth-order valence-electron chi connectivity index (χ4n) is 1.85. The van der Waals surface area contributed by atoms with Gasteiger partial charge < -0.3 is 10.2 Å². The number of phenolic OH excluding ortho intramolecular Hbond substituents is 2. The zero-order chi connectivity index (χ0) is 17.0. The summed E-state index contributed by atoms with van der Waals surface area (Å²) in [6.45, 7) is 12.2. The molecule has 0 aliphatic rings. The number of nitrogens with zero attached hydrogens (tertiary/aromatic N) is 3. The first-order valence-electron chi connectivity index (χ1n) is 7.03. The van der Waals surface area contributed by atoms with Crippen molar-refractivity contribution < 1.29 is 36.1 Å². The second-order valence-electron chi connectivity index (χ2n) is 7.04. The molecule has 0 amide bonds. The summed E-state index contributed by atoms with van der Waals surface area (Å²) >= 11 is 0. The normalized spacial score (nSPS) is 10.2. The van der Waals surface area contributed by atoms with E-state index in [1.165, 1.54) is 6.20 Å². The molecule has 2 rings (SSSR count). The monoisotopic (exact) mass is 553 g/mol. The van der Waals surface area contributed by atoms with Gasteiger partial charge in [0.25, 0.3) is 0 Å². The molecule has 8 heteroatoms. The van der Waals surface area contributed by atoms with Crippen molar-refractivity contribution in [3.63, 3.8) is 0 Å². The molecule has 1 heterocycles. The van der Waals surface area contributed by atoms with Gasteiger partial charge in [0.2, 0.25) is 0 Å². The van der Waals surface area contributed by atoms with Gasteiger partial charge in [-0.3, -0.25) is 0 Å². The average Bonchev–Trinajstić information content (AvgIpc) is 2.38. The second kappa shape index (κ2) is 11.8. The molecule has 0 fully saturated rings. The maximum Gasteiger partial charge on any atom is 0.0112 e. The van der Waals surface area contributed by atoms with Crippen molar-refractivity contribution in [2.24, 2.45) is 0 Å². The Bertz CT molecular complexity index is 554. The summed E-state index contributed by atoms with van der Waals surface area (Å²) in [6, 6.07) is 6.10. The molecule has 2 N–H and O–H groups in total. The van der Waals surface area contributed by atoms with Crippen LogP contribution in [0.3, 0.4) is 0 Å². The SMILES string of the molecule is CC(C)(C)c1cc(C(C)(C)C)c(O)[c-]c1O.Cl.Cl.[Hf].[c-]1ccnnn1. The van der Waals surface area contributed by atoms with Gasteiger partial charge in [0.05, 0.1) is 0 Å². The van der Waals surface area contributed by atoms with Crippen LogP contribution in [0.5, 0.6) is 11.5 Å². The van der Waals surface area contributed by atoms with Crippen molar-refractivity contribution >= 4 is 24.8 Å². The minimum absolute atomic E-state index is 0. The smallest absolute Gasteiger partial charge is 0.0112 e. The predicted octanol–water partition coefficient (Wildman–Crippen LogP) is 4.01. The van der Waals surface area contributed by atoms with E-state index in [0.717, 1.165) is 11.1 Å². The summed E-state index contributed by atoms with van der Waals surface area (Å²) in [7, 11) is 0. The minimum atomic E-state index is -0.158. The third kappa shape index (κ3) is 9.52. The first kappa shape index (κ1) is 29.1. The molecule has 140 valence electrons. The Labute approximate surface area is 181 Å². The van der Waals surface area contributed by atoms with E-state index in [1.807, 2.05) is 47.6 Å². The Balaban J connectivity index is -0.000000461. The van der Waals surface area contributed by atoms with E-state index in [2.05, 4.69) is 27.7 Å². The van der Waals surface area contributed by atoms with E-state index in [-0.39, 0.29) is 73.0 Å². The van der Waals surface area contributed by atoms with Crippen LogP contribution in [-0.4, -0.2) is 25.6 Å². The second-order valence-corrected chi connectivity index (χ2v) is 7.04. The molecule has 2 aromatic rings. The summed E-state index contributed by atoms with van der Waals surface area (Å²) in [6.07, 6.45) is 3.99. The van der Waals surface area contributed by atoms with Crippen molar-refractivity contribution in [2.45, 2.75) is 52.4 Å². The van der Waals surface area contributed by atoms with Crippen LogP contribution < -0.4 is 0 Å². The van der Waals surface area contributed by atoms with Crippen LogP contribution in [0.4, 0.5) is 0 Å². The molecule has 0 bridgehead atoms. The van der Waals surface area contributed by atoms with Crippen LogP contribution in [-0.2, 0) is 36.7 Å². The molecule has 0 saturated carbocycles. The number of benzene rings is 1. The standard InChI is InChI=1S/C14H21O2.C3H2N3.2ClH.Hf/c1-13(2,3)9-7-10(14(4,5)6)12(16)8-11(9)15;1-2-4-6-5-3-1;;;/h7,15-16H,1-6H3;1-2H;2*1H;/q2*-1;;;. The molecule has 0 spiro atoms. The first-order valence-corrected chi connectivity index (χ1v) is 7.03. The summed E-state index contributed by atoms with van der Waals surface area (Å²) in [4.78, 5) is 0. The maximum atomic E-state index is 9.80. The molecule has 0 unspecified atom stereocenters. The van der Waals surface area contributed by atoms with E-state index in [0.29, 0.717) is 0 Å². The zero-order valence-electron chi connectivity index (χ0n) is 15.3. The third-order valence-corrected chi connectivity index (χ3v) is 3.02. The number of phenols is 2. The molecule has 0 aliphatic carbocycles. The van der Waals surface area contributed by atoms with Crippen LogP contribution in [0.1, 0.15) is 52.7 Å². The van der Waals surface area contributed by atoms with E-state index >= 15 is 0 Å². The van der Waals surface area contributed by atoms with Crippen molar-refractivity contribution in [1.82, 2.24) is 15.4 Å². The van der Waals surface area contributed by atoms with Gasteiger partial charge in [-0.2, -0.15) is 12.1 Å². The topological polar surface area (TPSA) is 79.1 Å². The van der Waals surface area contributed by atoms with Crippen LogP contribution in [0.15, 0.2) is 18.3 Å². The molecular weight excluding hydrogens is 528 g/mol. The average molecular weight is 553 g/mol. The van der Waals surface area contributed by atoms with Crippen molar-refractivity contribution in [1.29, 1.82) is 0 Å². The zero-order valence-corrected chi connectivity index (χ0v) is 20.5. The van der Waals surface area contributed by atoms with Gasteiger partial charge in [0, 0.05) is 37.3 Å². The Hall–Kier alpha value is -0.720. The van der Waals surface area contributed by atoms with E-state index in [9.17, 15) is 10.2 Å². The number of aromatic nitrogens is 3. The van der Waals surface area contributed by atoms with E-state index in [1.54, 1.807) is 6.07 Å². The maximum absolute atomic E-state index is 9.80. The molecule has 0 aliphatic heterocycles. The van der Waals surface area contributed by atoms with Gasteiger partial charge in [-0.05, 0) is 0 Å². The Morgan fingerprint density at radius 2 is 1.32 bits per heavy atom. The Morgan fingerprint density at radius 1 is 0.880 bits per heavy atom. The fraction of sp³-hybridized carbons (Fsp3) is 0.471. The van der Waals surface area contributed by atoms with Crippen LogP contribution in [0, 0.1) is 12.3 Å². The fourth-order valence-corrected chi connectivity index (χ4v) is 1.85. The molecule has 1 aromatic carbocycles. The van der Waals surface area contributed by atoms with E-state index in [4.69, 9.17) is 0 Å². The van der Waals surface area contributed by atoms with Crippen molar-refractivity contribution in [3.8, 4) is 11.5 Å². The summed E-state index contributed by atoms with van der Waals surface area (Å²) in [5.41, 5.74) is 1.31. The number of hydrogen-bond acceptors (Lipinski definition) is 5. The van der Waals surface area contributed by atoms with Crippen molar-refractivity contribution in [2.75, 3.05) is 0 Å². The predicted molar refractivity (Wildman–Crippen MR) is 99.2 cm³/mol. The van der Waals surface area contributed by atoms with E-state index < -0.39 is 0 Å². The van der Waals surface area contributed by atoms with Gasteiger partial charge in [-0.15, -0.1) is 42.1 Å². The minimum Gasteiger partial charge on any atom is -0.533 e. The molecule has 5 nitrogen and oxygen atoms in total. The van der Waals surface area contributed by atoms with Crippen LogP contribution >= 0.6 is 24.8 Å². The molecule has 0 saturated heterocycles. The molecule has 25 heavy (non-hydrogen) atoms. The van der Waals surface area contributed by atoms with Crippen LogP contribution in [0.2, 0.25) is 0 Å². The first-order chi connectivity index (χ1) is 10.0. The Morgan fingerprint density at radius 3 is 1.52 bits per heavy atom. The Kier molecular flexibility index (Phi) is 13.7. The van der Waals surface area contributed by atoms with Crippen LogP contribution in [0.25, 0.3) is 0 Å². The van der Waals surface area contributed by atoms with Gasteiger partial charge in [0.1, 0.15) is 0 Å². The quantitative estimate of drug-likeness (QED) is 0.382. The summed E-state index contributed by atoms with van der Waals surface area (Å²) in [5, 5.41) is 29.5. The third-order valence-electron chi connectivity index (χ3n) is 3.02. The molecule has 0 radical (unpaired) electrons. The van der Waals surface area contributed by atoms with Gasteiger partial charge in [-0.25, -0.2) is 10.2 Å². The molecule has 1 aromatic heterocycles. The van der Waals surface area contributed by atoms with Gasteiger partial charge in [-0.1, -0.05) is 69.8 Å².